The Morgan fingerprint density at radius 3 is 2.62 bits per heavy atom. The van der Waals surface area contributed by atoms with Crippen molar-refractivity contribution in [1.82, 2.24) is 0 Å². The zero-order valence-corrected chi connectivity index (χ0v) is 13.8. The van der Waals surface area contributed by atoms with Crippen LogP contribution in [0, 0.1) is 0 Å². The highest BCUT2D eigenvalue weighted by Crippen LogP contribution is 2.26. The van der Waals surface area contributed by atoms with Crippen LogP contribution in [0.4, 0.5) is 11.4 Å². The number of aromatic hydroxyl groups is 1. The van der Waals surface area contributed by atoms with E-state index in [9.17, 15) is 5.11 Å². The minimum absolute atomic E-state index is 0.142. The number of anilines is 1. The number of rotatable bonds is 5. The summed E-state index contributed by atoms with van der Waals surface area (Å²) in [5.41, 5.74) is 2.96. The SMILES string of the molecule is CCOc1cc(C=Nc2ccc(N3CCOCC3)cc2)ccc1O. The van der Waals surface area contributed by atoms with Gasteiger partial charge in [0.2, 0.25) is 0 Å². The first-order valence-electron chi connectivity index (χ1n) is 8.19. The topological polar surface area (TPSA) is 54.3 Å². The van der Waals surface area contributed by atoms with E-state index in [0.29, 0.717) is 12.4 Å². The Hall–Kier alpha value is -2.53. The van der Waals surface area contributed by atoms with E-state index in [1.165, 1.54) is 5.69 Å². The molecule has 0 saturated carbocycles. The van der Waals surface area contributed by atoms with Gasteiger partial charge in [0.1, 0.15) is 0 Å². The summed E-state index contributed by atoms with van der Waals surface area (Å²) in [6.07, 6.45) is 1.77. The number of phenolic OH excluding ortho intramolecular Hbond substituents is 1. The molecule has 0 amide bonds. The maximum Gasteiger partial charge on any atom is 0.161 e. The molecule has 1 fully saturated rings. The molecular formula is C19H22N2O3. The van der Waals surface area contributed by atoms with Crippen LogP contribution in [0.1, 0.15) is 12.5 Å². The van der Waals surface area contributed by atoms with Gasteiger partial charge in [-0.05, 0) is 55.0 Å². The summed E-state index contributed by atoms with van der Waals surface area (Å²) >= 11 is 0. The molecule has 1 N–H and O–H groups in total. The van der Waals surface area contributed by atoms with E-state index in [-0.39, 0.29) is 5.75 Å². The van der Waals surface area contributed by atoms with Crippen LogP contribution in [0.25, 0.3) is 0 Å². The Bertz CT molecular complexity index is 692. The van der Waals surface area contributed by atoms with Crippen LogP contribution in [-0.2, 0) is 4.74 Å². The molecule has 5 nitrogen and oxygen atoms in total. The zero-order chi connectivity index (χ0) is 16.8. The van der Waals surface area contributed by atoms with Gasteiger partial charge in [0.05, 0.1) is 25.5 Å². The van der Waals surface area contributed by atoms with Crippen LogP contribution < -0.4 is 9.64 Å². The van der Waals surface area contributed by atoms with Gasteiger partial charge in [0.25, 0.3) is 0 Å². The number of hydrogen-bond acceptors (Lipinski definition) is 5. The average molecular weight is 326 g/mol. The molecule has 0 aromatic heterocycles. The number of morpholine rings is 1. The third-order valence-corrected chi connectivity index (χ3v) is 3.87. The van der Waals surface area contributed by atoms with E-state index in [1.807, 2.05) is 25.1 Å². The lowest BCUT2D eigenvalue weighted by atomic mass is 10.2. The van der Waals surface area contributed by atoms with Gasteiger partial charge in [-0.25, -0.2) is 0 Å². The van der Waals surface area contributed by atoms with Crippen LogP contribution in [0.5, 0.6) is 11.5 Å². The quantitative estimate of drug-likeness (QED) is 0.856. The molecule has 1 aliphatic rings. The highest BCUT2D eigenvalue weighted by atomic mass is 16.5. The fraction of sp³-hybridized carbons (Fsp3) is 0.316. The van der Waals surface area contributed by atoms with Gasteiger partial charge in [-0.15, -0.1) is 0 Å². The van der Waals surface area contributed by atoms with Crippen molar-refractivity contribution >= 4 is 17.6 Å². The Morgan fingerprint density at radius 2 is 1.92 bits per heavy atom. The standard InChI is InChI=1S/C19H22N2O3/c1-2-24-19-13-15(3-8-18(19)22)14-20-16-4-6-17(7-5-16)21-9-11-23-12-10-21/h3-8,13-14,22H,2,9-12H2,1H3. The van der Waals surface area contributed by atoms with Crippen LogP contribution in [0.2, 0.25) is 0 Å². The maximum atomic E-state index is 9.72. The number of benzene rings is 2. The van der Waals surface area contributed by atoms with Gasteiger partial charge in [-0.1, -0.05) is 0 Å². The molecule has 3 rings (SSSR count). The molecule has 24 heavy (non-hydrogen) atoms. The van der Waals surface area contributed by atoms with Crippen molar-refractivity contribution in [1.29, 1.82) is 0 Å². The van der Waals surface area contributed by atoms with E-state index >= 15 is 0 Å². The normalized spacial score (nSPS) is 15.0. The van der Waals surface area contributed by atoms with Crippen LogP contribution in [0.3, 0.4) is 0 Å². The first-order chi connectivity index (χ1) is 11.8. The average Bonchev–Trinajstić information content (AvgIpc) is 2.64. The number of ether oxygens (including phenoxy) is 2. The molecular weight excluding hydrogens is 304 g/mol. The summed E-state index contributed by atoms with van der Waals surface area (Å²) in [5, 5.41) is 9.72. The molecule has 0 atom stereocenters. The summed E-state index contributed by atoms with van der Waals surface area (Å²) in [7, 11) is 0. The Morgan fingerprint density at radius 1 is 1.17 bits per heavy atom. The lowest BCUT2D eigenvalue weighted by molar-refractivity contribution is 0.122. The van der Waals surface area contributed by atoms with Crippen molar-refractivity contribution in [3.63, 3.8) is 0 Å². The van der Waals surface area contributed by atoms with Crippen molar-refractivity contribution in [2.75, 3.05) is 37.8 Å². The molecule has 2 aromatic carbocycles. The second-order valence-corrected chi connectivity index (χ2v) is 5.53. The highest BCUT2D eigenvalue weighted by Gasteiger charge is 2.10. The van der Waals surface area contributed by atoms with E-state index < -0.39 is 0 Å². The fourth-order valence-corrected chi connectivity index (χ4v) is 2.60. The predicted octanol–water partition coefficient (Wildman–Crippen LogP) is 3.38. The molecule has 2 aromatic rings. The summed E-state index contributed by atoms with van der Waals surface area (Å²) in [6.45, 7) is 5.81. The van der Waals surface area contributed by atoms with Crippen molar-refractivity contribution in [2.45, 2.75) is 6.92 Å². The molecule has 1 saturated heterocycles. The summed E-state index contributed by atoms with van der Waals surface area (Å²) in [6, 6.07) is 13.4. The van der Waals surface area contributed by atoms with Crippen LogP contribution in [0.15, 0.2) is 47.5 Å². The maximum absolute atomic E-state index is 9.72. The first kappa shape index (κ1) is 16.3. The minimum atomic E-state index is 0.142. The summed E-state index contributed by atoms with van der Waals surface area (Å²) in [5.74, 6) is 0.618. The van der Waals surface area contributed by atoms with Gasteiger partial charge in [0, 0.05) is 25.0 Å². The molecule has 0 radical (unpaired) electrons. The minimum Gasteiger partial charge on any atom is -0.504 e. The van der Waals surface area contributed by atoms with Gasteiger partial charge < -0.3 is 19.5 Å². The van der Waals surface area contributed by atoms with E-state index in [4.69, 9.17) is 9.47 Å². The summed E-state index contributed by atoms with van der Waals surface area (Å²) < 4.78 is 10.8. The Labute approximate surface area is 142 Å². The zero-order valence-electron chi connectivity index (χ0n) is 13.8. The van der Waals surface area contributed by atoms with E-state index in [2.05, 4.69) is 22.0 Å². The van der Waals surface area contributed by atoms with Crippen molar-refractivity contribution < 1.29 is 14.6 Å². The van der Waals surface area contributed by atoms with Crippen molar-refractivity contribution in [3.05, 3.63) is 48.0 Å². The second kappa shape index (κ2) is 7.84. The lowest BCUT2D eigenvalue weighted by Crippen LogP contribution is -2.36. The predicted molar refractivity (Wildman–Crippen MR) is 96.0 cm³/mol. The van der Waals surface area contributed by atoms with Crippen LogP contribution in [-0.4, -0.2) is 44.2 Å². The molecule has 1 aliphatic heterocycles. The first-order valence-corrected chi connectivity index (χ1v) is 8.19. The molecule has 0 unspecified atom stereocenters. The fourth-order valence-electron chi connectivity index (χ4n) is 2.60. The van der Waals surface area contributed by atoms with Gasteiger partial charge in [0.15, 0.2) is 11.5 Å². The number of hydrogen-bond donors (Lipinski definition) is 1. The largest absolute Gasteiger partial charge is 0.504 e. The van der Waals surface area contributed by atoms with E-state index in [1.54, 1.807) is 18.3 Å². The van der Waals surface area contributed by atoms with Gasteiger partial charge >= 0.3 is 0 Å². The Kier molecular flexibility index (Phi) is 5.33. The van der Waals surface area contributed by atoms with E-state index in [0.717, 1.165) is 37.6 Å². The Balaban J connectivity index is 1.69. The second-order valence-electron chi connectivity index (χ2n) is 5.53. The number of phenols is 1. The number of aliphatic imine (C=N–C) groups is 1. The lowest BCUT2D eigenvalue weighted by Gasteiger charge is -2.28. The van der Waals surface area contributed by atoms with Gasteiger partial charge in [-0.3, -0.25) is 4.99 Å². The van der Waals surface area contributed by atoms with Crippen molar-refractivity contribution in [3.8, 4) is 11.5 Å². The summed E-state index contributed by atoms with van der Waals surface area (Å²) in [4.78, 5) is 6.80. The monoisotopic (exact) mass is 326 g/mol. The molecule has 0 bridgehead atoms. The van der Waals surface area contributed by atoms with Crippen LogP contribution >= 0.6 is 0 Å². The molecule has 126 valence electrons. The highest BCUT2D eigenvalue weighted by molar-refractivity contribution is 5.83. The molecule has 5 heteroatoms. The molecule has 0 aliphatic carbocycles. The smallest absolute Gasteiger partial charge is 0.161 e. The third-order valence-electron chi connectivity index (χ3n) is 3.87. The molecule has 0 spiro atoms. The molecule has 1 heterocycles. The third kappa shape index (κ3) is 4.06. The van der Waals surface area contributed by atoms with Crippen molar-refractivity contribution in [2.24, 2.45) is 4.99 Å². The van der Waals surface area contributed by atoms with Gasteiger partial charge in [-0.2, -0.15) is 0 Å². The number of nitrogens with zero attached hydrogens (tertiary/aromatic N) is 2.